The minimum absolute atomic E-state index is 0.108. The summed E-state index contributed by atoms with van der Waals surface area (Å²) in [7, 11) is 0. The Morgan fingerprint density at radius 2 is 2.10 bits per heavy atom. The summed E-state index contributed by atoms with van der Waals surface area (Å²) in [5, 5.41) is 0. The predicted molar refractivity (Wildman–Crippen MR) is 109 cm³/mol. The SMILES string of the molecule is O=CN1CC2(CC2)CC1CCc1ccc2nc([C@@H]3C4CCC(C4)N3C=O)[nH]c2c1. The number of likely N-dealkylation sites (tertiary alicyclic amines) is 2. The van der Waals surface area contributed by atoms with Gasteiger partial charge in [-0.1, -0.05) is 6.07 Å². The molecule has 2 aliphatic heterocycles. The second-order valence-electron chi connectivity index (χ2n) is 9.87. The van der Waals surface area contributed by atoms with E-state index in [-0.39, 0.29) is 6.04 Å². The maximum absolute atomic E-state index is 11.6. The number of nitrogens with one attached hydrogen (secondary N) is 1. The van der Waals surface area contributed by atoms with Gasteiger partial charge in [-0.15, -0.1) is 0 Å². The first-order valence-corrected chi connectivity index (χ1v) is 11.1. The van der Waals surface area contributed by atoms with Crippen LogP contribution in [0.25, 0.3) is 11.0 Å². The number of rotatable bonds is 6. The summed E-state index contributed by atoms with van der Waals surface area (Å²) in [6, 6.07) is 7.36. The van der Waals surface area contributed by atoms with Gasteiger partial charge < -0.3 is 14.8 Å². The van der Waals surface area contributed by atoms with Gasteiger partial charge in [0, 0.05) is 18.6 Å². The first kappa shape index (κ1) is 17.5. The van der Waals surface area contributed by atoms with Crippen molar-refractivity contribution in [2.75, 3.05) is 6.54 Å². The number of hydrogen-bond donors (Lipinski definition) is 1. The van der Waals surface area contributed by atoms with Gasteiger partial charge >= 0.3 is 0 Å². The minimum atomic E-state index is 0.108. The summed E-state index contributed by atoms with van der Waals surface area (Å²) in [5.41, 5.74) is 3.78. The highest BCUT2D eigenvalue weighted by Gasteiger charge is 2.51. The van der Waals surface area contributed by atoms with Crippen LogP contribution >= 0.6 is 0 Å². The Hall–Kier alpha value is -2.37. The molecule has 2 saturated heterocycles. The molecule has 0 radical (unpaired) electrons. The number of aromatic amines is 1. The Kier molecular flexibility index (Phi) is 3.81. The van der Waals surface area contributed by atoms with Gasteiger partial charge in [0.15, 0.2) is 0 Å². The highest BCUT2D eigenvalue weighted by molar-refractivity contribution is 5.76. The molecule has 4 aliphatic rings. The number of carbonyl (C=O) groups is 2. The van der Waals surface area contributed by atoms with Crippen molar-refractivity contribution in [3.8, 4) is 0 Å². The molecule has 2 aromatic rings. The van der Waals surface area contributed by atoms with Gasteiger partial charge in [-0.25, -0.2) is 4.98 Å². The maximum atomic E-state index is 11.6. The molecule has 4 fully saturated rings. The molecule has 152 valence electrons. The number of benzene rings is 1. The second kappa shape index (κ2) is 6.31. The fraction of sp³-hybridized carbons (Fsp3) is 0.609. The van der Waals surface area contributed by atoms with Gasteiger partial charge in [-0.2, -0.15) is 0 Å². The molecule has 6 heteroatoms. The fourth-order valence-electron chi connectivity index (χ4n) is 6.37. The van der Waals surface area contributed by atoms with Crippen LogP contribution in [0.4, 0.5) is 0 Å². The van der Waals surface area contributed by atoms with Crippen LogP contribution in [-0.4, -0.2) is 51.2 Å². The number of fused-ring (bicyclic) bond motifs is 3. The van der Waals surface area contributed by atoms with Gasteiger partial charge in [-0.05, 0) is 80.4 Å². The third-order valence-corrected chi connectivity index (χ3v) is 8.12. The number of carbonyl (C=O) groups excluding carboxylic acids is 2. The number of piperidine rings is 1. The van der Waals surface area contributed by atoms with Gasteiger partial charge in [0.1, 0.15) is 5.82 Å². The molecule has 1 N–H and O–H groups in total. The lowest BCUT2D eigenvalue weighted by Crippen LogP contribution is -2.34. The van der Waals surface area contributed by atoms with Crippen molar-refractivity contribution in [2.45, 2.75) is 69.5 Å². The van der Waals surface area contributed by atoms with Crippen LogP contribution in [0.3, 0.4) is 0 Å². The van der Waals surface area contributed by atoms with Crippen LogP contribution in [0.1, 0.15) is 62.4 Å². The van der Waals surface area contributed by atoms with Crippen LogP contribution in [-0.2, 0) is 16.0 Å². The molecule has 3 unspecified atom stereocenters. The summed E-state index contributed by atoms with van der Waals surface area (Å²) >= 11 is 0. The van der Waals surface area contributed by atoms with E-state index in [1.807, 2.05) is 9.80 Å². The lowest BCUT2D eigenvalue weighted by atomic mass is 9.98. The molecule has 2 saturated carbocycles. The van der Waals surface area contributed by atoms with Crippen molar-refractivity contribution in [1.29, 1.82) is 0 Å². The average molecular weight is 393 g/mol. The molecule has 1 spiro atoms. The van der Waals surface area contributed by atoms with Crippen molar-refractivity contribution >= 4 is 23.9 Å². The Bertz CT molecular complexity index is 965. The second-order valence-corrected chi connectivity index (χ2v) is 9.87. The highest BCUT2D eigenvalue weighted by Crippen LogP contribution is 2.55. The molecular formula is C23H28N4O2. The zero-order valence-corrected chi connectivity index (χ0v) is 16.7. The monoisotopic (exact) mass is 392 g/mol. The third kappa shape index (κ3) is 2.79. The van der Waals surface area contributed by atoms with Crippen molar-refractivity contribution in [2.24, 2.45) is 11.3 Å². The van der Waals surface area contributed by atoms with Crippen LogP contribution in [0.2, 0.25) is 0 Å². The number of hydrogen-bond acceptors (Lipinski definition) is 3. The van der Waals surface area contributed by atoms with Crippen LogP contribution in [0.5, 0.6) is 0 Å². The van der Waals surface area contributed by atoms with E-state index in [9.17, 15) is 9.59 Å². The van der Waals surface area contributed by atoms with E-state index in [0.29, 0.717) is 23.4 Å². The number of aromatic nitrogens is 2. The van der Waals surface area contributed by atoms with E-state index in [2.05, 4.69) is 23.2 Å². The molecule has 3 heterocycles. The van der Waals surface area contributed by atoms with Crippen LogP contribution in [0, 0.1) is 11.3 Å². The molecule has 6 nitrogen and oxygen atoms in total. The molecule has 1 aromatic carbocycles. The normalized spacial score (nSPS) is 31.9. The lowest BCUT2D eigenvalue weighted by Gasteiger charge is -2.30. The van der Waals surface area contributed by atoms with Gasteiger partial charge in [0.05, 0.1) is 17.1 Å². The quantitative estimate of drug-likeness (QED) is 0.768. The van der Waals surface area contributed by atoms with Gasteiger partial charge in [-0.3, -0.25) is 9.59 Å². The van der Waals surface area contributed by atoms with Crippen molar-refractivity contribution in [3.63, 3.8) is 0 Å². The van der Waals surface area contributed by atoms with E-state index in [1.54, 1.807) is 0 Å². The lowest BCUT2D eigenvalue weighted by molar-refractivity contribution is -0.122. The zero-order chi connectivity index (χ0) is 19.6. The van der Waals surface area contributed by atoms with Crippen LogP contribution in [0.15, 0.2) is 18.2 Å². The molecule has 2 amide bonds. The average Bonchev–Trinajstić information content (AvgIpc) is 3.15. The Balaban J connectivity index is 1.19. The number of amides is 2. The number of aryl methyl sites for hydroxylation is 1. The summed E-state index contributed by atoms with van der Waals surface area (Å²) in [6.45, 7) is 0.959. The molecular weight excluding hydrogens is 364 g/mol. The zero-order valence-electron chi connectivity index (χ0n) is 16.7. The topological polar surface area (TPSA) is 69.3 Å². The minimum Gasteiger partial charge on any atom is -0.342 e. The number of H-pyrrole nitrogens is 1. The summed E-state index contributed by atoms with van der Waals surface area (Å²) in [6.07, 6.45) is 11.3. The van der Waals surface area contributed by atoms with Gasteiger partial charge in [0.2, 0.25) is 12.8 Å². The predicted octanol–water partition coefficient (Wildman–Crippen LogP) is 3.19. The first-order chi connectivity index (χ1) is 14.2. The van der Waals surface area contributed by atoms with E-state index in [0.717, 1.165) is 61.9 Å². The fourth-order valence-corrected chi connectivity index (χ4v) is 6.37. The molecule has 4 atom stereocenters. The number of nitrogens with zero attached hydrogens (tertiary/aromatic N) is 3. The Labute approximate surface area is 170 Å². The molecule has 29 heavy (non-hydrogen) atoms. The number of imidazole rings is 1. The highest BCUT2D eigenvalue weighted by atomic mass is 16.1. The van der Waals surface area contributed by atoms with Gasteiger partial charge in [0.25, 0.3) is 0 Å². The standard InChI is InChI=1S/C23H28N4O2/c28-13-26-12-23(7-8-23)11-18(26)4-1-15-2-6-19-20(9-15)25-22(24-19)21-16-3-5-17(10-16)27(21)14-29/h2,6,9,13-14,16-18,21H,1,3-5,7-8,10-12H2,(H,24,25)/t16?,17?,18?,21-/m0/s1. The van der Waals surface area contributed by atoms with E-state index < -0.39 is 0 Å². The first-order valence-electron chi connectivity index (χ1n) is 11.1. The van der Waals surface area contributed by atoms with Crippen molar-refractivity contribution < 1.29 is 9.59 Å². The van der Waals surface area contributed by atoms with Crippen molar-refractivity contribution in [1.82, 2.24) is 19.8 Å². The molecule has 2 bridgehead atoms. The van der Waals surface area contributed by atoms with Crippen molar-refractivity contribution in [3.05, 3.63) is 29.6 Å². The summed E-state index contributed by atoms with van der Waals surface area (Å²) < 4.78 is 0. The van der Waals surface area contributed by atoms with E-state index in [4.69, 9.17) is 4.98 Å². The summed E-state index contributed by atoms with van der Waals surface area (Å²) in [4.78, 5) is 35.4. The maximum Gasteiger partial charge on any atom is 0.210 e. The Morgan fingerprint density at radius 1 is 1.21 bits per heavy atom. The largest absolute Gasteiger partial charge is 0.342 e. The van der Waals surface area contributed by atoms with E-state index in [1.165, 1.54) is 31.2 Å². The molecule has 6 rings (SSSR count). The van der Waals surface area contributed by atoms with E-state index >= 15 is 0 Å². The molecule has 1 aromatic heterocycles. The third-order valence-electron chi connectivity index (χ3n) is 8.12. The molecule has 2 aliphatic carbocycles. The summed E-state index contributed by atoms with van der Waals surface area (Å²) in [5.74, 6) is 1.48. The smallest absolute Gasteiger partial charge is 0.210 e. The van der Waals surface area contributed by atoms with Crippen LogP contribution < -0.4 is 0 Å². The Morgan fingerprint density at radius 3 is 2.90 bits per heavy atom.